The minimum Gasteiger partial charge on any atom is -0.481 e. The van der Waals surface area contributed by atoms with Gasteiger partial charge in [-0.1, -0.05) is 0 Å². The van der Waals surface area contributed by atoms with Crippen LogP contribution in [-0.4, -0.2) is 34.3 Å². The van der Waals surface area contributed by atoms with Crippen molar-refractivity contribution in [3.8, 4) is 0 Å². The molecule has 5 nitrogen and oxygen atoms in total. The molecule has 1 saturated carbocycles. The predicted molar refractivity (Wildman–Crippen MR) is 59.0 cm³/mol. The van der Waals surface area contributed by atoms with Crippen LogP contribution < -0.4 is 0 Å². The van der Waals surface area contributed by atoms with Gasteiger partial charge >= 0.3 is 5.97 Å². The number of carboxylic acids is 1. The van der Waals surface area contributed by atoms with E-state index in [0.717, 1.165) is 19.3 Å². The minimum absolute atomic E-state index is 0.0390. The van der Waals surface area contributed by atoms with Crippen LogP contribution in [0.2, 0.25) is 0 Å². The van der Waals surface area contributed by atoms with Crippen LogP contribution in [0.25, 0.3) is 0 Å². The van der Waals surface area contributed by atoms with Crippen LogP contribution in [0.1, 0.15) is 38.5 Å². The predicted octanol–water partition coefficient (Wildman–Crippen LogP) is 1.03. The number of likely N-dealkylation sites (tertiary alicyclic amines) is 1. The summed E-state index contributed by atoms with van der Waals surface area (Å²) in [6, 6.07) is 0. The van der Waals surface area contributed by atoms with E-state index < -0.39 is 5.97 Å². The molecular formula is C12H17NO4. The summed E-state index contributed by atoms with van der Waals surface area (Å²) < 4.78 is 0. The number of nitrogens with zero attached hydrogens (tertiary/aromatic N) is 1. The first kappa shape index (κ1) is 12.1. The number of hydrogen-bond acceptors (Lipinski definition) is 3. The van der Waals surface area contributed by atoms with Gasteiger partial charge in [-0.15, -0.1) is 0 Å². The maximum Gasteiger partial charge on any atom is 0.303 e. The molecule has 1 heterocycles. The Kier molecular flexibility index (Phi) is 3.45. The average Bonchev–Trinajstić information content (AvgIpc) is 2.72. The summed E-state index contributed by atoms with van der Waals surface area (Å²) in [5.74, 6) is -0.839. The highest BCUT2D eigenvalue weighted by Crippen LogP contribution is 2.38. The van der Waals surface area contributed by atoms with Gasteiger partial charge < -0.3 is 5.11 Å². The number of hydrogen-bond donors (Lipinski definition) is 1. The van der Waals surface area contributed by atoms with E-state index in [0.29, 0.717) is 19.4 Å². The Hall–Kier alpha value is -1.39. The highest BCUT2D eigenvalue weighted by molar-refractivity contribution is 6.00. The van der Waals surface area contributed by atoms with Gasteiger partial charge in [-0.2, -0.15) is 0 Å². The van der Waals surface area contributed by atoms with Gasteiger partial charge in [0, 0.05) is 24.8 Å². The third-order valence-electron chi connectivity index (χ3n) is 3.69. The van der Waals surface area contributed by atoms with E-state index in [4.69, 9.17) is 5.11 Å². The van der Waals surface area contributed by atoms with Gasteiger partial charge in [0.2, 0.25) is 11.8 Å². The Morgan fingerprint density at radius 1 is 1.18 bits per heavy atom. The van der Waals surface area contributed by atoms with E-state index in [9.17, 15) is 14.4 Å². The lowest BCUT2D eigenvalue weighted by atomic mass is 9.97. The fourth-order valence-corrected chi connectivity index (χ4v) is 2.75. The highest BCUT2D eigenvalue weighted by Gasteiger charge is 2.44. The van der Waals surface area contributed by atoms with Crippen molar-refractivity contribution in [3.63, 3.8) is 0 Å². The number of carboxylic acid groups (broad SMARTS) is 1. The molecule has 2 unspecified atom stereocenters. The number of fused-ring (bicyclic) bond motifs is 2. The zero-order chi connectivity index (χ0) is 12.4. The molecule has 1 aliphatic heterocycles. The molecule has 0 aromatic heterocycles. The molecule has 5 heteroatoms. The van der Waals surface area contributed by atoms with Crippen molar-refractivity contribution in [2.24, 2.45) is 11.8 Å². The molecule has 1 N–H and O–H groups in total. The largest absolute Gasteiger partial charge is 0.481 e. The fraction of sp³-hybridized carbons (Fsp3) is 0.750. The number of carbonyl (C=O) groups is 3. The Bertz CT molecular complexity index is 330. The maximum atomic E-state index is 11.9. The number of unbranched alkanes of at least 4 members (excludes halogenated alkanes) is 1. The van der Waals surface area contributed by atoms with Crippen molar-refractivity contribution in [1.29, 1.82) is 0 Å². The molecule has 17 heavy (non-hydrogen) atoms. The van der Waals surface area contributed by atoms with E-state index in [1.807, 2.05) is 0 Å². The molecule has 2 bridgehead atoms. The van der Waals surface area contributed by atoms with E-state index in [1.165, 1.54) is 4.90 Å². The maximum absolute atomic E-state index is 11.9. The summed E-state index contributed by atoms with van der Waals surface area (Å²) in [7, 11) is 0. The van der Waals surface area contributed by atoms with Crippen LogP contribution >= 0.6 is 0 Å². The van der Waals surface area contributed by atoms with Crippen molar-refractivity contribution < 1.29 is 19.5 Å². The van der Waals surface area contributed by atoms with Crippen molar-refractivity contribution in [2.45, 2.75) is 38.5 Å². The number of piperidine rings is 1. The number of aliphatic carboxylic acids is 1. The molecule has 1 aliphatic carbocycles. The zero-order valence-corrected chi connectivity index (χ0v) is 9.72. The number of amides is 2. The Morgan fingerprint density at radius 3 is 2.29 bits per heavy atom. The summed E-state index contributed by atoms with van der Waals surface area (Å²) in [6.07, 6.45) is 3.60. The van der Waals surface area contributed by atoms with Gasteiger partial charge in [0.25, 0.3) is 0 Å². The molecular weight excluding hydrogens is 222 g/mol. The van der Waals surface area contributed by atoms with Gasteiger partial charge in [0.15, 0.2) is 0 Å². The quantitative estimate of drug-likeness (QED) is 0.574. The standard InChI is InChI=1S/C12H17NO4/c14-10(15)3-1-2-6-13-11(16)8-4-5-9(7-8)12(13)17/h8-9H,1-7H2,(H,14,15). The minimum atomic E-state index is -0.832. The van der Waals surface area contributed by atoms with Crippen LogP contribution in [0, 0.1) is 11.8 Å². The van der Waals surface area contributed by atoms with Crippen LogP contribution in [0.3, 0.4) is 0 Å². The summed E-state index contributed by atoms with van der Waals surface area (Å²) in [5, 5.41) is 8.50. The summed E-state index contributed by atoms with van der Waals surface area (Å²) in [5.41, 5.74) is 0. The molecule has 2 rings (SSSR count). The van der Waals surface area contributed by atoms with Crippen LogP contribution in [0.4, 0.5) is 0 Å². The molecule has 2 atom stereocenters. The van der Waals surface area contributed by atoms with Gasteiger partial charge in [0.05, 0.1) is 0 Å². The van der Waals surface area contributed by atoms with E-state index in [2.05, 4.69) is 0 Å². The SMILES string of the molecule is O=C(O)CCCCN1C(=O)C2CCC(C2)C1=O. The zero-order valence-electron chi connectivity index (χ0n) is 9.72. The van der Waals surface area contributed by atoms with Crippen molar-refractivity contribution in [2.75, 3.05) is 6.54 Å². The molecule has 0 aromatic carbocycles. The van der Waals surface area contributed by atoms with Crippen molar-refractivity contribution in [1.82, 2.24) is 4.90 Å². The first-order valence-electron chi connectivity index (χ1n) is 6.16. The second-order valence-electron chi connectivity index (χ2n) is 4.89. The molecule has 94 valence electrons. The van der Waals surface area contributed by atoms with E-state index in [1.54, 1.807) is 0 Å². The molecule has 1 saturated heterocycles. The lowest BCUT2D eigenvalue weighted by molar-refractivity contribution is -0.152. The molecule has 0 radical (unpaired) electrons. The number of imide groups is 1. The fourth-order valence-electron chi connectivity index (χ4n) is 2.75. The second kappa shape index (κ2) is 4.85. The van der Waals surface area contributed by atoms with Crippen molar-refractivity contribution in [3.05, 3.63) is 0 Å². The highest BCUT2D eigenvalue weighted by atomic mass is 16.4. The van der Waals surface area contributed by atoms with Crippen LogP contribution in [0.5, 0.6) is 0 Å². The topological polar surface area (TPSA) is 74.7 Å². The monoisotopic (exact) mass is 239 g/mol. The van der Waals surface area contributed by atoms with Crippen LogP contribution in [0.15, 0.2) is 0 Å². The summed E-state index contributed by atoms with van der Waals surface area (Å²) >= 11 is 0. The second-order valence-corrected chi connectivity index (χ2v) is 4.89. The normalized spacial score (nSPS) is 27.6. The smallest absolute Gasteiger partial charge is 0.303 e. The third-order valence-corrected chi connectivity index (χ3v) is 3.69. The first-order valence-corrected chi connectivity index (χ1v) is 6.16. The van der Waals surface area contributed by atoms with Gasteiger partial charge in [0.1, 0.15) is 0 Å². The van der Waals surface area contributed by atoms with Crippen LogP contribution in [-0.2, 0) is 14.4 Å². The lowest BCUT2D eigenvalue weighted by Gasteiger charge is -2.29. The molecule has 2 amide bonds. The van der Waals surface area contributed by atoms with Gasteiger partial charge in [-0.25, -0.2) is 0 Å². The molecule has 2 aliphatic rings. The lowest BCUT2D eigenvalue weighted by Crippen LogP contribution is -2.46. The van der Waals surface area contributed by atoms with E-state index >= 15 is 0 Å². The molecule has 2 fully saturated rings. The van der Waals surface area contributed by atoms with E-state index in [-0.39, 0.29) is 30.1 Å². The summed E-state index contributed by atoms with van der Waals surface area (Å²) in [4.78, 5) is 35.5. The third kappa shape index (κ3) is 2.48. The number of carbonyl (C=O) groups excluding carboxylic acids is 2. The Labute approximate surface area is 99.8 Å². The first-order chi connectivity index (χ1) is 8.09. The van der Waals surface area contributed by atoms with Gasteiger partial charge in [-0.05, 0) is 32.1 Å². The molecule has 0 spiro atoms. The average molecular weight is 239 g/mol. The van der Waals surface area contributed by atoms with Crippen molar-refractivity contribution >= 4 is 17.8 Å². The van der Waals surface area contributed by atoms with Gasteiger partial charge in [-0.3, -0.25) is 19.3 Å². The number of rotatable bonds is 5. The summed E-state index contributed by atoms with van der Waals surface area (Å²) in [6.45, 7) is 0.387. The molecule has 0 aromatic rings. The Balaban J connectivity index is 1.85. The Morgan fingerprint density at radius 2 is 1.76 bits per heavy atom.